The second-order valence-electron chi connectivity index (χ2n) is 6.62. The molecule has 0 amide bonds. The van der Waals surface area contributed by atoms with E-state index in [2.05, 4.69) is 38.0 Å². The standard InChI is InChI=1S/C17H22BrN7/c1-3-24-6-4-5-11(10-24)15-14(18)16(19)25-17(22-15)13(8-21-25)12-7-20-23(2)9-12/h7-9,11H,3-6,10,19H2,1-2H3. The highest BCUT2D eigenvalue weighted by Gasteiger charge is 2.26. The summed E-state index contributed by atoms with van der Waals surface area (Å²) in [4.78, 5) is 7.46. The van der Waals surface area contributed by atoms with Gasteiger partial charge in [0.1, 0.15) is 5.82 Å². The van der Waals surface area contributed by atoms with Crippen LogP contribution in [0, 0.1) is 0 Å². The number of aryl methyl sites for hydroxylation is 1. The third kappa shape index (κ3) is 2.83. The monoisotopic (exact) mass is 403 g/mol. The van der Waals surface area contributed by atoms with Crippen LogP contribution in [0.4, 0.5) is 5.82 Å². The molecule has 2 N–H and O–H groups in total. The van der Waals surface area contributed by atoms with E-state index in [9.17, 15) is 0 Å². The van der Waals surface area contributed by atoms with Gasteiger partial charge in [-0.1, -0.05) is 6.92 Å². The molecule has 7 nitrogen and oxygen atoms in total. The van der Waals surface area contributed by atoms with Gasteiger partial charge < -0.3 is 10.6 Å². The summed E-state index contributed by atoms with van der Waals surface area (Å²) >= 11 is 3.67. The van der Waals surface area contributed by atoms with Crippen LogP contribution in [-0.4, -0.2) is 48.9 Å². The predicted molar refractivity (Wildman–Crippen MR) is 101 cm³/mol. The van der Waals surface area contributed by atoms with Crippen LogP contribution >= 0.6 is 15.9 Å². The summed E-state index contributed by atoms with van der Waals surface area (Å²) < 4.78 is 4.35. The van der Waals surface area contributed by atoms with E-state index in [1.165, 1.54) is 6.42 Å². The van der Waals surface area contributed by atoms with Crippen molar-refractivity contribution in [1.82, 2.24) is 29.3 Å². The summed E-state index contributed by atoms with van der Waals surface area (Å²) in [6.45, 7) is 5.46. The highest BCUT2D eigenvalue weighted by Crippen LogP contribution is 2.36. The number of likely N-dealkylation sites (tertiary alicyclic amines) is 1. The number of piperidine rings is 1. The first kappa shape index (κ1) is 16.5. The fourth-order valence-corrected chi connectivity index (χ4v) is 4.19. The van der Waals surface area contributed by atoms with E-state index < -0.39 is 0 Å². The van der Waals surface area contributed by atoms with Crippen molar-refractivity contribution in [3.8, 4) is 11.1 Å². The van der Waals surface area contributed by atoms with Gasteiger partial charge in [-0.05, 0) is 41.9 Å². The van der Waals surface area contributed by atoms with E-state index in [0.717, 1.165) is 53.0 Å². The van der Waals surface area contributed by atoms with Gasteiger partial charge >= 0.3 is 0 Å². The number of likely N-dealkylation sites (N-methyl/N-ethyl adjacent to an activating group) is 1. The van der Waals surface area contributed by atoms with E-state index in [-0.39, 0.29) is 0 Å². The fraction of sp³-hybridized carbons (Fsp3) is 0.471. The Labute approximate surface area is 155 Å². The van der Waals surface area contributed by atoms with Crippen LogP contribution in [0.5, 0.6) is 0 Å². The average molecular weight is 404 g/mol. The zero-order valence-electron chi connectivity index (χ0n) is 14.5. The van der Waals surface area contributed by atoms with Crippen LogP contribution < -0.4 is 5.73 Å². The Morgan fingerprint density at radius 3 is 2.88 bits per heavy atom. The number of rotatable bonds is 3. The lowest BCUT2D eigenvalue weighted by molar-refractivity contribution is 0.216. The van der Waals surface area contributed by atoms with Gasteiger partial charge in [-0.3, -0.25) is 4.68 Å². The summed E-state index contributed by atoms with van der Waals surface area (Å²) in [6, 6.07) is 0. The van der Waals surface area contributed by atoms with Crippen LogP contribution in [-0.2, 0) is 7.05 Å². The van der Waals surface area contributed by atoms with Crippen molar-refractivity contribution in [3.63, 3.8) is 0 Å². The van der Waals surface area contributed by atoms with Gasteiger partial charge in [0, 0.05) is 36.8 Å². The minimum atomic E-state index is 0.382. The molecule has 1 fully saturated rings. The maximum atomic E-state index is 6.37. The van der Waals surface area contributed by atoms with Crippen molar-refractivity contribution in [3.05, 3.63) is 28.8 Å². The second-order valence-corrected chi connectivity index (χ2v) is 7.42. The highest BCUT2D eigenvalue weighted by molar-refractivity contribution is 9.10. The van der Waals surface area contributed by atoms with Crippen molar-refractivity contribution in [2.75, 3.05) is 25.4 Å². The van der Waals surface area contributed by atoms with E-state index in [0.29, 0.717) is 11.7 Å². The molecular weight excluding hydrogens is 382 g/mol. The molecule has 25 heavy (non-hydrogen) atoms. The molecule has 0 aromatic carbocycles. The van der Waals surface area contributed by atoms with Crippen molar-refractivity contribution < 1.29 is 0 Å². The Morgan fingerprint density at radius 2 is 2.16 bits per heavy atom. The largest absolute Gasteiger partial charge is 0.383 e. The minimum absolute atomic E-state index is 0.382. The van der Waals surface area contributed by atoms with E-state index in [1.54, 1.807) is 9.20 Å². The molecule has 0 saturated carbocycles. The third-order valence-electron chi connectivity index (χ3n) is 5.00. The first-order valence-electron chi connectivity index (χ1n) is 8.62. The molecule has 8 heteroatoms. The van der Waals surface area contributed by atoms with Crippen LogP contribution in [0.3, 0.4) is 0 Å². The summed E-state index contributed by atoms with van der Waals surface area (Å²) in [5.74, 6) is 0.982. The van der Waals surface area contributed by atoms with Crippen molar-refractivity contribution in [2.45, 2.75) is 25.7 Å². The number of nitrogens with two attached hydrogens (primary N) is 1. The lowest BCUT2D eigenvalue weighted by atomic mass is 9.94. The Hall–Kier alpha value is -1.93. The Kier molecular flexibility index (Phi) is 4.24. The molecule has 1 unspecified atom stereocenters. The molecule has 0 bridgehead atoms. The molecule has 3 aromatic rings. The van der Waals surface area contributed by atoms with E-state index >= 15 is 0 Å². The zero-order chi connectivity index (χ0) is 17.6. The van der Waals surface area contributed by atoms with Gasteiger partial charge in [-0.15, -0.1) is 0 Å². The lowest BCUT2D eigenvalue weighted by Gasteiger charge is -2.32. The van der Waals surface area contributed by atoms with E-state index in [4.69, 9.17) is 10.7 Å². The molecule has 1 saturated heterocycles. The van der Waals surface area contributed by atoms with Crippen LogP contribution in [0.25, 0.3) is 16.8 Å². The SMILES string of the molecule is CCN1CCCC(c2nc3c(-c4cnn(C)c4)cnn3c(N)c2Br)C1. The average Bonchev–Trinajstić information content (AvgIpc) is 3.24. The van der Waals surface area contributed by atoms with Gasteiger partial charge in [-0.2, -0.15) is 14.7 Å². The second kappa shape index (κ2) is 6.42. The summed E-state index contributed by atoms with van der Waals surface area (Å²) in [5, 5.41) is 8.69. The van der Waals surface area contributed by atoms with E-state index in [1.807, 2.05) is 25.6 Å². The molecule has 1 aliphatic heterocycles. The lowest BCUT2D eigenvalue weighted by Crippen LogP contribution is -2.34. The quantitative estimate of drug-likeness (QED) is 0.727. The number of aromatic nitrogens is 5. The molecule has 0 aliphatic carbocycles. The van der Waals surface area contributed by atoms with Crippen molar-refractivity contribution in [2.24, 2.45) is 7.05 Å². The number of nitrogens with zero attached hydrogens (tertiary/aromatic N) is 6. The molecular formula is C17H22BrN7. The first-order valence-corrected chi connectivity index (χ1v) is 9.41. The molecule has 4 heterocycles. The molecule has 0 radical (unpaired) electrons. The summed E-state index contributed by atoms with van der Waals surface area (Å²) in [7, 11) is 1.90. The Balaban J connectivity index is 1.83. The van der Waals surface area contributed by atoms with Gasteiger partial charge in [0.25, 0.3) is 0 Å². The Bertz CT molecular complexity index is 913. The van der Waals surface area contributed by atoms with Crippen molar-refractivity contribution in [1.29, 1.82) is 0 Å². The number of hydrogen-bond acceptors (Lipinski definition) is 5. The zero-order valence-corrected chi connectivity index (χ0v) is 16.1. The first-order chi connectivity index (χ1) is 12.1. The third-order valence-corrected chi connectivity index (χ3v) is 5.82. The number of hydrogen-bond donors (Lipinski definition) is 1. The van der Waals surface area contributed by atoms with Crippen molar-refractivity contribution >= 4 is 27.4 Å². The van der Waals surface area contributed by atoms with Crippen LogP contribution in [0.1, 0.15) is 31.4 Å². The Morgan fingerprint density at radius 1 is 1.32 bits per heavy atom. The topological polar surface area (TPSA) is 77.3 Å². The highest BCUT2D eigenvalue weighted by atomic mass is 79.9. The molecule has 1 aliphatic rings. The van der Waals surface area contributed by atoms with Crippen LogP contribution in [0.2, 0.25) is 0 Å². The number of fused-ring (bicyclic) bond motifs is 1. The fourth-order valence-electron chi connectivity index (χ4n) is 3.61. The number of halogens is 1. The molecule has 3 aromatic heterocycles. The van der Waals surface area contributed by atoms with Gasteiger partial charge in [0.2, 0.25) is 0 Å². The summed E-state index contributed by atoms with van der Waals surface area (Å²) in [6.07, 6.45) is 7.93. The molecule has 132 valence electrons. The smallest absolute Gasteiger partial charge is 0.165 e. The normalized spacial score (nSPS) is 18.9. The summed E-state index contributed by atoms with van der Waals surface area (Å²) in [5.41, 5.74) is 10.1. The van der Waals surface area contributed by atoms with Crippen LogP contribution in [0.15, 0.2) is 23.1 Å². The maximum absolute atomic E-state index is 6.37. The number of nitrogen functional groups attached to an aromatic ring is 1. The van der Waals surface area contributed by atoms with Gasteiger partial charge in [0.05, 0.1) is 22.6 Å². The molecule has 0 spiro atoms. The maximum Gasteiger partial charge on any atom is 0.165 e. The molecule has 4 rings (SSSR count). The number of anilines is 1. The predicted octanol–water partition coefficient (Wildman–Crippen LogP) is 2.67. The molecule has 1 atom stereocenters. The van der Waals surface area contributed by atoms with Gasteiger partial charge in [0.15, 0.2) is 5.65 Å². The minimum Gasteiger partial charge on any atom is -0.383 e. The van der Waals surface area contributed by atoms with Gasteiger partial charge in [-0.25, -0.2) is 4.98 Å².